The molecule has 4 nitrogen and oxygen atoms in total. The van der Waals surface area contributed by atoms with E-state index in [0.717, 1.165) is 24.5 Å². The Balaban J connectivity index is 2.33. The normalized spacial score (nSPS) is 11.6. The van der Waals surface area contributed by atoms with Crippen LogP contribution in [0.2, 0.25) is 0 Å². The second-order valence-corrected chi connectivity index (χ2v) is 5.07. The van der Waals surface area contributed by atoms with Crippen LogP contribution >= 0.6 is 0 Å². The zero-order valence-corrected chi connectivity index (χ0v) is 11.8. The van der Waals surface area contributed by atoms with Crippen LogP contribution in [0.1, 0.15) is 33.4 Å². The molecule has 0 aromatic carbocycles. The van der Waals surface area contributed by atoms with Crippen molar-refractivity contribution in [3.8, 4) is 5.75 Å². The predicted octanol–water partition coefficient (Wildman–Crippen LogP) is 2.39. The van der Waals surface area contributed by atoms with Gasteiger partial charge in [-0.25, -0.2) is 0 Å². The van der Waals surface area contributed by atoms with Crippen molar-refractivity contribution in [2.45, 2.75) is 39.8 Å². The Bertz CT molecular complexity index is 348. The van der Waals surface area contributed by atoms with E-state index in [1.165, 1.54) is 0 Å². The Kier molecular flexibility index (Phi) is 6.09. The van der Waals surface area contributed by atoms with Gasteiger partial charge in [0.2, 0.25) is 0 Å². The van der Waals surface area contributed by atoms with Crippen molar-refractivity contribution in [1.29, 1.82) is 0 Å². The molecule has 1 N–H and O–H groups in total. The van der Waals surface area contributed by atoms with E-state index in [1.807, 2.05) is 32.9 Å². The molecule has 0 amide bonds. The van der Waals surface area contributed by atoms with Crippen molar-refractivity contribution in [2.75, 3.05) is 19.8 Å². The van der Waals surface area contributed by atoms with Crippen LogP contribution in [0.25, 0.3) is 0 Å². The SMILES string of the molecule is CCNCc1cc(OCCOC(C)(C)C)ccn1. The first kappa shape index (κ1) is 14.9. The molecule has 4 heteroatoms. The number of nitrogens with zero attached hydrogens (tertiary/aromatic N) is 1. The largest absolute Gasteiger partial charge is 0.491 e. The average molecular weight is 252 g/mol. The minimum Gasteiger partial charge on any atom is -0.491 e. The molecule has 0 bridgehead atoms. The van der Waals surface area contributed by atoms with Gasteiger partial charge in [-0.3, -0.25) is 4.98 Å². The minimum atomic E-state index is -0.113. The van der Waals surface area contributed by atoms with Crippen molar-refractivity contribution < 1.29 is 9.47 Å². The number of ether oxygens (including phenoxy) is 2. The summed E-state index contributed by atoms with van der Waals surface area (Å²) in [5, 5.41) is 3.24. The van der Waals surface area contributed by atoms with Gasteiger partial charge in [0.25, 0.3) is 0 Å². The van der Waals surface area contributed by atoms with Gasteiger partial charge in [-0.05, 0) is 33.4 Å². The summed E-state index contributed by atoms with van der Waals surface area (Å²) in [6.07, 6.45) is 1.77. The van der Waals surface area contributed by atoms with Gasteiger partial charge in [-0.15, -0.1) is 0 Å². The van der Waals surface area contributed by atoms with Gasteiger partial charge >= 0.3 is 0 Å². The fourth-order valence-electron chi connectivity index (χ4n) is 1.40. The molecule has 0 aliphatic carbocycles. The number of hydrogen-bond acceptors (Lipinski definition) is 4. The van der Waals surface area contributed by atoms with E-state index in [-0.39, 0.29) is 5.60 Å². The highest BCUT2D eigenvalue weighted by Crippen LogP contribution is 2.11. The predicted molar refractivity (Wildman–Crippen MR) is 72.8 cm³/mol. The van der Waals surface area contributed by atoms with Gasteiger partial charge in [-0.2, -0.15) is 0 Å². The van der Waals surface area contributed by atoms with Crippen LogP contribution in [0.5, 0.6) is 5.75 Å². The molecule has 0 aliphatic heterocycles. The lowest BCUT2D eigenvalue weighted by atomic mass is 10.2. The molecular weight excluding hydrogens is 228 g/mol. The molecule has 102 valence electrons. The summed E-state index contributed by atoms with van der Waals surface area (Å²) < 4.78 is 11.2. The highest BCUT2D eigenvalue weighted by atomic mass is 16.5. The van der Waals surface area contributed by atoms with E-state index in [0.29, 0.717) is 13.2 Å². The van der Waals surface area contributed by atoms with E-state index in [9.17, 15) is 0 Å². The van der Waals surface area contributed by atoms with Crippen LogP contribution < -0.4 is 10.1 Å². The number of nitrogens with one attached hydrogen (secondary N) is 1. The zero-order chi connectivity index (χ0) is 13.4. The smallest absolute Gasteiger partial charge is 0.122 e. The first-order valence-electron chi connectivity index (χ1n) is 6.43. The summed E-state index contributed by atoms with van der Waals surface area (Å²) in [5.74, 6) is 0.843. The van der Waals surface area contributed by atoms with Gasteiger partial charge in [0.15, 0.2) is 0 Å². The summed E-state index contributed by atoms with van der Waals surface area (Å²) in [5.41, 5.74) is 0.878. The highest BCUT2D eigenvalue weighted by Gasteiger charge is 2.09. The maximum absolute atomic E-state index is 5.63. The summed E-state index contributed by atoms with van der Waals surface area (Å²) >= 11 is 0. The molecule has 0 fully saturated rings. The van der Waals surface area contributed by atoms with E-state index in [4.69, 9.17) is 9.47 Å². The highest BCUT2D eigenvalue weighted by molar-refractivity contribution is 5.22. The molecular formula is C14H24N2O2. The minimum absolute atomic E-state index is 0.113. The number of hydrogen-bond donors (Lipinski definition) is 1. The molecule has 0 saturated heterocycles. The van der Waals surface area contributed by atoms with E-state index < -0.39 is 0 Å². The average Bonchev–Trinajstić information content (AvgIpc) is 2.31. The number of pyridine rings is 1. The third-order valence-electron chi connectivity index (χ3n) is 2.23. The molecule has 1 heterocycles. The molecule has 1 aromatic heterocycles. The van der Waals surface area contributed by atoms with Crippen LogP contribution in [0.3, 0.4) is 0 Å². The molecule has 0 atom stereocenters. The van der Waals surface area contributed by atoms with Crippen molar-refractivity contribution in [1.82, 2.24) is 10.3 Å². The topological polar surface area (TPSA) is 43.4 Å². The molecule has 0 radical (unpaired) electrons. The van der Waals surface area contributed by atoms with Crippen molar-refractivity contribution >= 4 is 0 Å². The third kappa shape index (κ3) is 6.57. The Morgan fingerprint density at radius 2 is 2.06 bits per heavy atom. The van der Waals surface area contributed by atoms with Gasteiger partial charge in [0.05, 0.1) is 17.9 Å². The van der Waals surface area contributed by atoms with E-state index >= 15 is 0 Å². The second kappa shape index (κ2) is 7.34. The van der Waals surface area contributed by atoms with Crippen LogP contribution in [-0.2, 0) is 11.3 Å². The van der Waals surface area contributed by atoms with E-state index in [2.05, 4.69) is 17.2 Å². The quantitative estimate of drug-likeness (QED) is 0.757. The first-order chi connectivity index (χ1) is 8.51. The summed E-state index contributed by atoms with van der Waals surface area (Å²) in [6.45, 7) is 11.0. The summed E-state index contributed by atoms with van der Waals surface area (Å²) in [7, 11) is 0. The Morgan fingerprint density at radius 3 is 2.72 bits per heavy atom. The lowest BCUT2D eigenvalue weighted by Crippen LogP contribution is -2.22. The lowest BCUT2D eigenvalue weighted by molar-refractivity contribution is -0.0163. The summed E-state index contributed by atoms with van der Waals surface area (Å²) in [4.78, 5) is 4.27. The molecule has 0 saturated carbocycles. The molecule has 0 aliphatic rings. The van der Waals surface area contributed by atoms with E-state index in [1.54, 1.807) is 6.20 Å². The standard InChI is InChI=1S/C14H24N2O2/c1-5-15-11-12-10-13(6-7-16-12)17-8-9-18-14(2,3)4/h6-7,10,15H,5,8-9,11H2,1-4H3. The Morgan fingerprint density at radius 1 is 1.28 bits per heavy atom. The second-order valence-electron chi connectivity index (χ2n) is 5.07. The molecule has 1 rings (SSSR count). The molecule has 0 unspecified atom stereocenters. The monoisotopic (exact) mass is 252 g/mol. The fraction of sp³-hybridized carbons (Fsp3) is 0.643. The van der Waals surface area contributed by atoms with Crippen LogP contribution in [0.15, 0.2) is 18.3 Å². The first-order valence-corrected chi connectivity index (χ1v) is 6.43. The van der Waals surface area contributed by atoms with Crippen molar-refractivity contribution in [3.63, 3.8) is 0 Å². The Labute approximate surface area is 110 Å². The third-order valence-corrected chi connectivity index (χ3v) is 2.23. The van der Waals surface area contributed by atoms with Gasteiger partial charge < -0.3 is 14.8 Å². The lowest BCUT2D eigenvalue weighted by Gasteiger charge is -2.19. The van der Waals surface area contributed by atoms with Gasteiger partial charge in [0.1, 0.15) is 12.4 Å². The number of rotatable bonds is 7. The molecule has 18 heavy (non-hydrogen) atoms. The van der Waals surface area contributed by atoms with Crippen molar-refractivity contribution in [2.24, 2.45) is 0 Å². The van der Waals surface area contributed by atoms with Crippen LogP contribution in [0.4, 0.5) is 0 Å². The maximum Gasteiger partial charge on any atom is 0.122 e. The van der Waals surface area contributed by atoms with Gasteiger partial charge in [-0.1, -0.05) is 6.92 Å². The zero-order valence-electron chi connectivity index (χ0n) is 11.8. The van der Waals surface area contributed by atoms with Crippen LogP contribution in [0, 0.1) is 0 Å². The fourth-order valence-corrected chi connectivity index (χ4v) is 1.40. The summed E-state index contributed by atoms with van der Waals surface area (Å²) in [6, 6.07) is 3.83. The van der Waals surface area contributed by atoms with Crippen molar-refractivity contribution in [3.05, 3.63) is 24.0 Å². The Hall–Kier alpha value is -1.13. The van der Waals surface area contributed by atoms with Gasteiger partial charge in [0, 0.05) is 18.8 Å². The number of aromatic nitrogens is 1. The van der Waals surface area contributed by atoms with Crippen LogP contribution in [-0.4, -0.2) is 30.3 Å². The molecule has 0 spiro atoms. The maximum atomic E-state index is 5.63. The molecule has 1 aromatic rings.